The Morgan fingerprint density at radius 3 is 1.60 bits per heavy atom. The predicted molar refractivity (Wildman–Crippen MR) is 72.1 cm³/mol. The zero-order chi connectivity index (χ0) is 12.9. The van der Waals surface area contributed by atoms with E-state index in [1.807, 2.05) is 41.5 Å². The number of H-pyrrole nitrogens is 1. The first-order chi connectivity index (χ1) is 7.24. The average Bonchev–Trinajstić information content (AvgIpc) is 2.65. The molecule has 0 atom stereocenters. The molecule has 0 aliphatic rings. The molecule has 0 aliphatic heterocycles. The van der Waals surface area contributed by atoms with Crippen LogP contribution in [0.5, 0.6) is 0 Å². The van der Waals surface area contributed by atoms with Gasteiger partial charge < -0.3 is 4.98 Å². The standard InChI is InChI=1S/C7H10N2.2C2H6.C2H4/c1-4-7-5(2)8-6(3)9-7;3*1-2/h4H,1H2,2-3H3,(H,8,9);2*1-2H3;1-2H2. The molecule has 88 valence electrons. The van der Waals surface area contributed by atoms with E-state index in [0.29, 0.717) is 0 Å². The van der Waals surface area contributed by atoms with Gasteiger partial charge in [-0.15, -0.1) is 13.2 Å². The first-order valence-electron chi connectivity index (χ1n) is 5.39. The Balaban J connectivity index is -0.000000208. The maximum Gasteiger partial charge on any atom is 0.103 e. The highest BCUT2D eigenvalue weighted by Gasteiger charge is 1.96. The molecule has 0 spiro atoms. The number of nitrogens with zero attached hydrogens (tertiary/aromatic N) is 1. The monoisotopic (exact) mass is 210 g/mol. The van der Waals surface area contributed by atoms with E-state index in [9.17, 15) is 0 Å². The first kappa shape index (κ1) is 19.3. The van der Waals surface area contributed by atoms with Crippen molar-refractivity contribution in [2.45, 2.75) is 41.5 Å². The third-order valence-corrected chi connectivity index (χ3v) is 1.23. The fraction of sp³-hybridized carbons (Fsp3) is 0.462. The number of aryl methyl sites for hydroxylation is 2. The highest BCUT2D eigenvalue weighted by atomic mass is 14.9. The lowest BCUT2D eigenvalue weighted by molar-refractivity contribution is 1.13. The third-order valence-electron chi connectivity index (χ3n) is 1.23. The summed E-state index contributed by atoms with van der Waals surface area (Å²) in [4.78, 5) is 7.23. The molecule has 2 nitrogen and oxygen atoms in total. The van der Waals surface area contributed by atoms with Gasteiger partial charge in [0.2, 0.25) is 0 Å². The van der Waals surface area contributed by atoms with Crippen LogP contribution in [-0.2, 0) is 0 Å². The van der Waals surface area contributed by atoms with Crippen molar-refractivity contribution in [2.75, 3.05) is 0 Å². The number of aromatic nitrogens is 2. The molecule has 0 fully saturated rings. The lowest BCUT2D eigenvalue weighted by atomic mass is 10.3. The van der Waals surface area contributed by atoms with Crippen molar-refractivity contribution >= 4 is 6.08 Å². The molecule has 0 bridgehead atoms. The summed E-state index contributed by atoms with van der Waals surface area (Å²) in [6.07, 6.45) is 1.75. The van der Waals surface area contributed by atoms with Crippen molar-refractivity contribution in [1.82, 2.24) is 9.97 Å². The van der Waals surface area contributed by atoms with E-state index in [1.165, 1.54) is 0 Å². The van der Waals surface area contributed by atoms with Crippen LogP contribution in [0.1, 0.15) is 44.9 Å². The summed E-state index contributed by atoms with van der Waals surface area (Å²) in [5, 5.41) is 0. The molecule has 0 aliphatic carbocycles. The molecular formula is C13H26N2. The summed E-state index contributed by atoms with van der Waals surface area (Å²) < 4.78 is 0. The van der Waals surface area contributed by atoms with Crippen LogP contribution < -0.4 is 0 Å². The SMILES string of the molecule is C=C.C=Cc1nc(C)[nH]c1C.CC.CC. The molecule has 0 aromatic carbocycles. The Labute approximate surface area is 95.1 Å². The van der Waals surface area contributed by atoms with Crippen molar-refractivity contribution in [3.8, 4) is 0 Å². The van der Waals surface area contributed by atoms with Gasteiger partial charge in [-0.2, -0.15) is 0 Å². The molecular weight excluding hydrogens is 184 g/mol. The van der Waals surface area contributed by atoms with Gasteiger partial charge in [0.1, 0.15) is 5.82 Å². The van der Waals surface area contributed by atoms with E-state index in [-0.39, 0.29) is 0 Å². The number of nitrogens with one attached hydrogen (secondary N) is 1. The molecule has 0 radical (unpaired) electrons. The van der Waals surface area contributed by atoms with Crippen LogP contribution in [0.3, 0.4) is 0 Å². The minimum Gasteiger partial charge on any atom is -0.346 e. The normalized spacial score (nSPS) is 6.80. The minimum atomic E-state index is 0.947. The number of imidazole rings is 1. The second kappa shape index (κ2) is 15.2. The zero-order valence-corrected chi connectivity index (χ0v) is 11.1. The Bertz CT molecular complexity index is 237. The van der Waals surface area contributed by atoms with Crippen LogP contribution >= 0.6 is 0 Å². The topological polar surface area (TPSA) is 28.7 Å². The highest BCUT2D eigenvalue weighted by Crippen LogP contribution is 2.03. The van der Waals surface area contributed by atoms with Gasteiger partial charge in [-0.3, -0.25) is 0 Å². The van der Waals surface area contributed by atoms with Gasteiger partial charge in [-0.1, -0.05) is 34.3 Å². The first-order valence-corrected chi connectivity index (χ1v) is 5.39. The third kappa shape index (κ3) is 9.01. The molecule has 1 N–H and O–H groups in total. The fourth-order valence-electron chi connectivity index (χ4n) is 0.827. The van der Waals surface area contributed by atoms with Gasteiger partial charge in [0, 0.05) is 5.69 Å². The summed E-state index contributed by atoms with van der Waals surface area (Å²) in [5.41, 5.74) is 2.04. The molecule has 0 saturated heterocycles. The smallest absolute Gasteiger partial charge is 0.103 e. The Hall–Kier alpha value is -1.31. The second-order valence-corrected chi connectivity index (χ2v) is 2.04. The van der Waals surface area contributed by atoms with Gasteiger partial charge in [-0.05, 0) is 19.9 Å². The molecule has 0 amide bonds. The van der Waals surface area contributed by atoms with Crippen LogP contribution in [0.25, 0.3) is 6.08 Å². The van der Waals surface area contributed by atoms with Gasteiger partial charge in [0.25, 0.3) is 0 Å². The van der Waals surface area contributed by atoms with E-state index in [1.54, 1.807) is 6.08 Å². The van der Waals surface area contributed by atoms with E-state index >= 15 is 0 Å². The van der Waals surface area contributed by atoms with Crippen molar-refractivity contribution < 1.29 is 0 Å². The van der Waals surface area contributed by atoms with Gasteiger partial charge >= 0.3 is 0 Å². The van der Waals surface area contributed by atoms with Crippen LogP contribution in [0.15, 0.2) is 19.7 Å². The van der Waals surface area contributed by atoms with Crippen molar-refractivity contribution in [1.29, 1.82) is 0 Å². The van der Waals surface area contributed by atoms with Crippen LogP contribution in [-0.4, -0.2) is 9.97 Å². The Kier molecular flexibility index (Phi) is 19.5. The average molecular weight is 210 g/mol. The van der Waals surface area contributed by atoms with Crippen LogP contribution in [0.2, 0.25) is 0 Å². The molecule has 1 aromatic heterocycles. The number of hydrogen-bond donors (Lipinski definition) is 1. The summed E-state index contributed by atoms with van der Waals surface area (Å²) in [6.45, 7) is 21.5. The van der Waals surface area contributed by atoms with E-state index in [2.05, 4.69) is 29.7 Å². The summed E-state index contributed by atoms with van der Waals surface area (Å²) >= 11 is 0. The largest absolute Gasteiger partial charge is 0.346 e. The molecule has 1 heterocycles. The lowest BCUT2D eigenvalue weighted by Crippen LogP contribution is -1.72. The number of hydrogen-bond acceptors (Lipinski definition) is 1. The Morgan fingerprint density at radius 2 is 1.47 bits per heavy atom. The van der Waals surface area contributed by atoms with Crippen LogP contribution in [0, 0.1) is 13.8 Å². The molecule has 0 unspecified atom stereocenters. The maximum atomic E-state index is 4.16. The number of rotatable bonds is 1. The van der Waals surface area contributed by atoms with Crippen molar-refractivity contribution in [3.05, 3.63) is 36.9 Å². The highest BCUT2D eigenvalue weighted by molar-refractivity contribution is 5.44. The number of aromatic amines is 1. The second-order valence-electron chi connectivity index (χ2n) is 2.04. The quantitative estimate of drug-likeness (QED) is 0.678. The van der Waals surface area contributed by atoms with E-state index in [4.69, 9.17) is 0 Å². The molecule has 1 rings (SSSR count). The lowest BCUT2D eigenvalue weighted by Gasteiger charge is -1.81. The Morgan fingerprint density at radius 1 is 1.07 bits per heavy atom. The zero-order valence-electron chi connectivity index (χ0n) is 11.1. The maximum absolute atomic E-state index is 4.16. The molecule has 0 saturated carbocycles. The molecule has 2 heteroatoms. The predicted octanol–water partition coefficient (Wildman–Crippen LogP) is 4.52. The van der Waals surface area contributed by atoms with Gasteiger partial charge in [0.15, 0.2) is 0 Å². The summed E-state index contributed by atoms with van der Waals surface area (Å²) in [7, 11) is 0. The van der Waals surface area contributed by atoms with Gasteiger partial charge in [0.05, 0.1) is 5.69 Å². The van der Waals surface area contributed by atoms with E-state index in [0.717, 1.165) is 17.2 Å². The van der Waals surface area contributed by atoms with E-state index < -0.39 is 0 Å². The van der Waals surface area contributed by atoms with Crippen molar-refractivity contribution in [3.63, 3.8) is 0 Å². The van der Waals surface area contributed by atoms with Crippen molar-refractivity contribution in [2.24, 2.45) is 0 Å². The van der Waals surface area contributed by atoms with Gasteiger partial charge in [-0.25, -0.2) is 4.98 Å². The fourth-order valence-corrected chi connectivity index (χ4v) is 0.827. The van der Waals surface area contributed by atoms with Crippen LogP contribution in [0.4, 0.5) is 0 Å². The minimum absolute atomic E-state index is 0.947. The molecule has 15 heavy (non-hydrogen) atoms. The summed E-state index contributed by atoms with van der Waals surface area (Å²) in [5.74, 6) is 0.947. The summed E-state index contributed by atoms with van der Waals surface area (Å²) in [6, 6.07) is 0. The molecule has 1 aromatic rings.